The van der Waals surface area contributed by atoms with E-state index in [9.17, 15) is 8.42 Å². The highest BCUT2D eigenvalue weighted by Crippen LogP contribution is 2.27. The van der Waals surface area contributed by atoms with Gasteiger partial charge in [-0.05, 0) is 19.3 Å². The van der Waals surface area contributed by atoms with Gasteiger partial charge in [0.1, 0.15) is 5.21 Å². The van der Waals surface area contributed by atoms with Gasteiger partial charge in [0.25, 0.3) is 0 Å². The molecule has 6 heteroatoms. The SMILES string of the molecule is O=S(=O)(CCl)N(CCCO)C1CCC1. The molecule has 0 aliphatic heterocycles. The number of aliphatic hydroxyl groups excluding tert-OH is 1. The monoisotopic (exact) mass is 241 g/mol. The first-order valence-corrected chi connectivity index (χ1v) is 6.92. The summed E-state index contributed by atoms with van der Waals surface area (Å²) in [7, 11) is -3.30. The minimum Gasteiger partial charge on any atom is -0.396 e. The summed E-state index contributed by atoms with van der Waals surface area (Å²) in [5, 5.41) is 8.31. The minimum atomic E-state index is -3.30. The van der Waals surface area contributed by atoms with Crippen molar-refractivity contribution in [1.82, 2.24) is 4.31 Å². The van der Waals surface area contributed by atoms with E-state index >= 15 is 0 Å². The summed E-state index contributed by atoms with van der Waals surface area (Å²) in [4.78, 5) is 0. The van der Waals surface area contributed by atoms with Crippen molar-refractivity contribution in [1.29, 1.82) is 0 Å². The Morgan fingerprint density at radius 1 is 1.43 bits per heavy atom. The van der Waals surface area contributed by atoms with E-state index in [4.69, 9.17) is 16.7 Å². The van der Waals surface area contributed by atoms with Crippen LogP contribution in [-0.2, 0) is 10.0 Å². The van der Waals surface area contributed by atoms with Gasteiger partial charge in [0, 0.05) is 19.2 Å². The molecule has 14 heavy (non-hydrogen) atoms. The maximum atomic E-state index is 11.6. The molecule has 0 aromatic heterocycles. The summed E-state index contributed by atoms with van der Waals surface area (Å²) in [5.41, 5.74) is 0. The Kier molecular flexibility index (Phi) is 4.63. The molecule has 0 amide bonds. The Bertz CT molecular complexity index is 264. The second kappa shape index (κ2) is 5.30. The van der Waals surface area contributed by atoms with Gasteiger partial charge in [-0.3, -0.25) is 0 Å². The van der Waals surface area contributed by atoms with Gasteiger partial charge >= 0.3 is 0 Å². The van der Waals surface area contributed by atoms with Crippen molar-refractivity contribution in [2.24, 2.45) is 0 Å². The van der Waals surface area contributed by atoms with Gasteiger partial charge < -0.3 is 5.11 Å². The third-order valence-electron chi connectivity index (χ3n) is 2.51. The van der Waals surface area contributed by atoms with E-state index in [0.717, 1.165) is 19.3 Å². The molecule has 1 aliphatic rings. The lowest BCUT2D eigenvalue weighted by Crippen LogP contribution is -2.45. The van der Waals surface area contributed by atoms with Crippen LogP contribution in [0.4, 0.5) is 0 Å². The average Bonchev–Trinajstić information content (AvgIpc) is 2.08. The Morgan fingerprint density at radius 2 is 2.07 bits per heavy atom. The lowest BCUT2D eigenvalue weighted by Gasteiger charge is -2.35. The molecule has 0 saturated heterocycles. The zero-order valence-electron chi connectivity index (χ0n) is 8.02. The number of rotatable bonds is 6. The van der Waals surface area contributed by atoms with Crippen LogP contribution in [-0.4, -0.2) is 42.2 Å². The highest BCUT2D eigenvalue weighted by atomic mass is 35.5. The van der Waals surface area contributed by atoms with Crippen LogP contribution < -0.4 is 0 Å². The molecule has 1 rings (SSSR count). The summed E-state index contributed by atoms with van der Waals surface area (Å²) >= 11 is 5.40. The Balaban J connectivity index is 2.60. The van der Waals surface area contributed by atoms with Crippen LogP contribution in [0.25, 0.3) is 0 Å². The zero-order chi connectivity index (χ0) is 10.6. The lowest BCUT2D eigenvalue weighted by molar-refractivity contribution is 0.199. The van der Waals surface area contributed by atoms with Crippen molar-refractivity contribution in [3.05, 3.63) is 0 Å². The average molecular weight is 242 g/mol. The molecule has 1 fully saturated rings. The van der Waals surface area contributed by atoms with Crippen LogP contribution in [0.5, 0.6) is 0 Å². The van der Waals surface area contributed by atoms with E-state index in [2.05, 4.69) is 0 Å². The maximum absolute atomic E-state index is 11.6. The first kappa shape index (κ1) is 12.2. The second-order valence-electron chi connectivity index (χ2n) is 3.49. The number of nitrogens with zero attached hydrogens (tertiary/aromatic N) is 1. The van der Waals surface area contributed by atoms with Gasteiger partial charge in [0.2, 0.25) is 10.0 Å². The number of sulfonamides is 1. The number of alkyl halides is 1. The Hall–Kier alpha value is 0.160. The molecule has 0 aromatic carbocycles. The first-order valence-electron chi connectivity index (χ1n) is 4.78. The quantitative estimate of drug-likeness (QED) is 0.699. The van der Waals surface area contributed by atoms with Gasteiger partial charge in [0.15, 0.2) is 0 Å². The highest BCUT2D eigenvalue weighted by Gasteiger charge is 2.32. The zero-order valence-corrected chi connectivity index (χ0v) is 9.60. The van der Waals surface area contributed by atoms with Crippen molar-refractivity contribution >= 4 is 21.6 Å². The molecule has 1 aliphatic carbocycles. The molecule has 0 spiro atoms. The van der Waals surface area contributed by atoms with Crippen molar-refractivity contribution in [3.63, 3.8) is 0 Å². The van der Waals surface area contributed by atoms with Crippen molar-refractivity contribution < 1.29 is 13.5 Å². The molecule has 0 atom stereocenters. The molecule has 84 valence electrons. The molecule has 1 N–H and O–H groups in total. The van der Waals surface area contributed by atoms with Crippen LogP contribution in [0.3, 0.4) is 0 Å². The molecule has 0 radical (unpaired) electrons. The predicted molar refractivity (Wildman–Crippen MR) is 55.7 cm³/mol. The third-order valence-corrected chi connectivity index (χ3v) is 4.81. The molecule has 0 bridgehead atoms. The van der Waals surface area contributed by atoms with E-state index in [0.29, 0.717) is 13.0 Å². The fraction of sp³-hybridized carbons (Fsp3) is 1.00. The number of halogens is 1. The summed E-state index contributed by atoms with van der Waals surface area (Å²) in [6.07, 6.45) is 3.40. The van der Waals surface area contributed by atoms with E-state index in [-0.39, 0.29) is 17.9 Å². The van der Waals surface area contributed by atoms with Gasteiger partial charge in [-0.25, -0.2) is 8.42 Å². The normalized spacial score (nSPS) is 18.5. The summed E-state index contributed by atoms with van der Waals surface area (Å²) in [5.74, 6) is 0. The van der Waals surface area contributed by atoms with E-state index in [1.54, 1.807) is 0 Å². The predicted octanol–water partition coefficient (Wildman–Crippen LogP) is 0.749. The summed E-state index contributed by atoms with van der Waals surface area (Å²) in [6, 6.07) is 0.116. The van der Waals surface area contributed by atoms with Crippen LogP contribution in [0, 0.1) is 0 Å². The molecule has 1 saturated carbocycles. The van der Waals surface area contributed by atoms with Crippen LogP contribution in [0.1, 0.15) is 25.7 Å². The topological polar surface area (TPSA) is 57.6 Å². The molecule has 4 nitrogen and oxygen atoms in total. The van der Waals surface area contributed by atoms with Crippen molar-refractivity contribution in [2.45, 2.75) is 31.7 Å². The third kappa shape index (κ3) is 2.82. The van der Waals surface area contributed by atoms with Crippen LogP contribution >= 0.6 is 11.6 Å². The molecular weight excluding hydrogens is 226 g/mol. The largest absolute Gasteiger partial charge is 0.396 e. The summed E-state index contributed by atoms with van der Waals surface area (Å²) < 4.78 is 24.5. The van der Waals surface area contributed by atoms with Crippen molar-refractivity contribution in [3.8, 4) is 0 Å². The Labute approximate surface area is 89.9 Å². The fourth-order valence-electron chi connectivity index (χ4n) is 1.51. The van der Waals surface area contributed by atoms with E-state index < -0.39 is 10.0 Å². The molecular formula is C8H16ClNO3S. The molecule has 0 aromatic rings. The standard InChI is InChI=1S/C8H16ClNO3S/c9-7-14(12,13)10(5-2-6-11)8-3-1-4-8/h8,11H,1-7H2. The van der Waals surface area contributed by atoms with Gasteiger partial charge in [-0.15, -0.1) is 11.6 Å². The van der Waals surface area contributed by atoms with Crippen LogP contribution in [0.2, 0.25) is 0 Å². The smallest absolute Gasteiger partial charge is 0.228 e. The number of hydrogen-bond donors (Lipinski definition) is 1. The fourth-order valence-corrected chi connectivity index (χ4v) is 3.09. The minimum absolute atomic E-state index is 0.0149. The van der Waals surface area contributed by atoms with Crippen LogP contribution in [0.15, 0.2) is 0 Å². The maximum Gasteiger partial charge on any atom is 0.228 e. The molecule has 0 unspecified atom stereocenters. The van der Waals surface area contributed by atoms with Gasteiger partial charge in [0.05, 0.1) is 0 Å². The van der Waals surface area contributed by atoms with Gasteiger partial charge in [-0.1, -0.05) is 6.42 Å². The number of hydrogen-bond acceptors (Lipinski definition) is 3. The summed E-state index contributed by atoms with van der Waals surface area (Å²) in [6.45, 7) is 0.400. The highest BCUT2D eigenvalue weighted by molar-refractivity contribution is 7.90. The second-order valence-corrected chi connectivity index (χ2v) is 6.00. The first-order chi connectivity index (χ1) is 6.61. The van der Waals surface area contributed by atoms with Gasteiger partial charge in [-0.2, -0.15) is 4.31 Å². The molecule has 0 heterocycles. The van der Waals surface area contributed by atoms with Crippen molar-refractivity contribution in [2.75, 3.05) is 18.4 Å². The Morgan fingerprint density at radius 3 is 2.43 bits per heavy atom. The van der Waals surface area contributed by atoms with E-state index in [1.807, 2.05) is 0 Å². The number of aliphatic hydroxyl groups is 1. The lowest BCUT2D eigenvalue weighted by atomic mass is 9.93. The van der Waals surface area contributed by atoms with E-state index in [1.165, 1.54) is 4.31 Å².